The number of nitriles is 1. The standard InChI is InChI=1S/C17H27N5/c1-17(2,13-20(3)4)14-21-8-10-22(11-9-21)16-7-5-6-15(12-18)19-16/h5-7H,8-11,13-14H2,1-4H3. The van der Waals surface area contributed by atoms with Crippen LogP contribution in [0.1, 0.15) is 19.5 Å². The second kappa shape index (κ2) is 7.08. The molecule has 2 rings (SSSR count). The van der Waals surface area contributed by atoms with E-state index in [-0.39, 0.29) is 0 Å². The van der Waals surface area contributed by atoms with E-state index in [4.69, 9.17) is 5.26 Å². The monoisotopic (exact) mass is 301 g/mol. The summed E-state index contributed by atoms with van der Waals surface area (Å²) in [6.45, 7) is 10.9. The molecule has 0 radical (unpaired) electrons. The molecule has 5 heteroatoms. The van der Waals surface area contributed by atoms with Gasteiger partial charge in [-0.3, -0.25) is 4.90 Å². The van der Waals surface area contributed by atoms with Gasteiger partial charge in [0.1, 0.15) is 17.6 Å². The molecule has 5 nitrogen and oxygen atoms in total. The van der Waals surface area contributed by atoms with E-state index in [1.807, 2.05) is 12.1 Å². The van der Waals surface area contributed by atoms with Gasteiger partial charge in [-0.1, -0.05) is 19.9 Å². The molecule has 1 fully saturated rings. The fourth-order valence-electron chi connectivity index (χ4n) is 3.31. The van der Waals surface area contributed by atoms with Gasteiger partial charge in [0.15, 0.2) is 0 Å². The number of rotatable bonds is 5. The van der Waals surface area contributed by atoms with E-state index in [9.17, 15) is 0 Å². The molecule has 0 saturated carbocycles. The van der Waals surface area contributed by atoms with Gasteiger partial charge in [-0.2, -0.15) is 5.26 Å². The van der Waals surface area contributed by atoms with Crippen LogP contribution in [0.5, 0.6) is 0 Å². The van der Waals surface area contributed by atoms with Crippen LogP contribution >= 0.6 is 0 Å². The highest BCUT2D eigenvalue weighted by molar-refractivity contribution is 5.42. The summed E-state index contributed by atoms with van der Waals surface area (Å²) < 4.78 is 0. The predicted octanol–water partition coefficient (Wildman–Crippen LogP) is 1.66. The lowest BCUT2D eigenvalue weighted by Crippen LogP contribution is -2.50. The van der Waals surface area contributed by atoms with E-state index in [0.717, 1.165) is 45.1 Å². The summed E-state index contributed by atoms with van der Waals surface area (Å²) >= 11 is 0. The molecule has 1 aromatic rings. The van der Waals surface area contributed by atoms with Crippen LogP contribution in [0.4, 0.5) is 5.82 Å². The Kier molecular flexibility index (Phi) is 5.38. The lowest BCUT2D eigenvalue weighted by atomic mass is 9.92. The Hall–Kier alpha value is -1.64. The summed E-state index contributed by atoms with van der Waals surface area (Å²) in [5, 5.41) is 8.96. The molecular weight excluding hydrogens is 274 g/mol. The molecule has 22 heavy (non-hydrogen) atoms. The zero-order chi connectivity index (χ0) is 16.2. The average Bonchev–Trinajstić information content (AvgIpc) is 2.46. The Labute approximate surface area is 134 Å². The zero-order valence-corrected chi connectivity index (χ0v) is 14.2. The first kappa shape index (κ1) is 16.7. The van der Waals surface area contributed by atoms with Crippen LogP contribution < -0.4 is 4.90 Å². The van der Waals surface area contributed by atoms with Crippen LogP contribution in [0.15, 0.2) is 18.2 Å². The quantitative estimate of drug-likeness (QED) is 0.828. The summed E-state index contributed by atoms with van der Waals surface area (Å²) in [5.74, 6) is 0.922. The van der Waals surface area contributed by atoms with E-state index >= 15 is 0 Å². The van der Waals surface area contributed by atoms with Gasteiger partial charge < -0.3 is 9.80 Å². The van der Waals surface area contributed by atoms with Crippen LogP contribution in [0, 0.1) is 16.7 Å². The van der Waals surface area contributed by atoms with Gasteiger partial charge in [0.05, 0.1) is 0 Å². The van der Waals surface area contributed by atoms with Crippen molar-refractivity contribution in [3.8, 4) is 6.07 Å². The topological polar surface area (TPSA) is 46.4 Å². The van der Waals surface area contributed by atoms with Crippen LogP contribution in [-0.2, 0) is 0 Å². The number of hydrogen-bond acceptors (Lipinski definition) is 5. The highest BCUT2D eigenvalue weighted by Crippen LogP contribution is 2.20. The minimum atomic E-state index is 0.296. The van der Waals surface area contributed by atoms with E-state index in [1.165, 1.54) is 0 Å². The van der Waals surface area contributed by atoms with Gasteiger partial charge in [0.2, 0.25) is 0 Å². The van der Waals surface area contributed by atoms with Crippen LogP contribution in [0.3, 0.4) is 0 Å². The van der Waals surface area contributed by atoms with Gasteiger partial charge in [-0.05, 0) is 31.6 Å². The molecule has 0 bridgehead atoms. The summed E-state index contributed by atoms with van der Waals surface area (Å²) in [6, 6.07) is 7.77. The fourth-order valence-corrected chi connectivity index (χ4v) is 3.31. The van der Waals surface area contributed by atoms with E-state index in [1.54, 1.807) is 6.07 Å². The van der Waals surface area contributed by atoms with Gasteiger partial charge in [0, 0.05) is 39.3 Å². The number of aromatic nitrogens is 1. The maximum atomic E-state index is 8.96. The van der Waals surface area contributed by atoms with Crippen molar-refractivity contribution in [3.05, 3.63) is 23.9 Å². The molecule has 0 aromatic carbocycles. The van der Waals surface area contributed by atoms with Crippen molar-refractivity contribution in [1.29, 1.82) is 5.26 Å². The third-order valence-electron chi connectivity index (χ3n) is 3.94. The Morgan fingerprint density at radius 1 is 1.23 bits per heavy atom. The van der Waals surface area contributed by atoms with Crippen molar-refractivity contribution in [3.63, 3.8) is 0 Å². The summed E-state index contributed by atoms with van der Waals surface area (Å²) in [5.41, 5.74) is 0.789. The molecule has 0 amide bonds. The third-order valence-corrected chi connectivity index (χ3v) is 3.94. The summed E-state index contributed by atoms with van der Waals surface area (Å²) in [6.07, 6.45) is 0. The first-order valence-corrected chi connectivity index (χ1v) is 7.89. The largest absolute Gasteiger partial charge is 0.354 e. The highest BCUT2D eigenvalue weighted by Gasteiger charge is 2.25. The molecule has 0 N–H and O–H groups in total. The summed E-state index contributed by atoms with van der Waals surface area (Å²) in [7, 11) is 4.26. The second-order valence-electron chi connectivity index (χ2n) is 7.16. The van der Waals surface area contributed by atoms with Gasteiger partial charge in [-0.15, -0.1) is 0 Å². The number of anilines is 1. The fraction of sp³-hybridized carbons (Fsp3) is 0.647. The first-order chi connectivity index (χ1) is 10.4. The van der Waals surface area contributed by atoms with Crippen molar-refractivity contribution >= 4 is 5.82 Å². The third kappa shape index (κ3) is 4.69. The minimum absolute atomic E-state index is 0.296. The summed E-state index contributed by atoms with van der Waals surface area (Å²) in [4.78, 5) is 11.5. The molecule has 120 valence electrons. The maximum absolute atomic E-state index is 8.96. The molecule has 1 aromatic heterocycles. The van der Waals surface area contributed by atoms with Crippen LogP contribution in [0.2, 0.25) is 0 Å². The van der Waals surface area contributed by atoms with E-state index in [2.05, 4.69) is 53.7 Å². The van der Waals surface area contributed by atoms with Gasteiger partial charge in [0.25, 0.3) is 0 Å². The molecule has 1 aliphatic rings. The minimum Gasteiger partial charge on any atom is -0.354 e. The normalized spacial score (nSPS) is 16.8. The predicted molar refractivity (Wildman–Crippen MR) is 89.9 cm³/mol. The van der Waals surface area contributed by atoms with Crippen LogP contribution in [0.25, 0.3) is 0 Å². The Balaban J connectivity index is 1.89. The molecule has 0 atom stereocenters. The molecule has 0 spiro atoms. The van der Waals surface area contributed by atoms with Crippen LogP contribution in [-0.4, -0.2) is 68.1 Å². The average molecular weight is 301 g/mol. The van der Waals surface area contributed by atoms with E-state index in [0.29, 0.717) is 11.1 Å². The molecule has 2 heterocycles. The number of nitrogens with zero attached hydrogens (tertiary/aromatic N) is 5. The molecule has 1 saturated heterocycles. The Morgan fingerprint density at radius 3 is 2.50 bits per heavy atom. The lowest BCUT2D eigenvalue weighted by Gasteiger charge is -2.40. The Morgan fingerprint density at radius 2 is 1.91 bits per heavy atom. The highest BCUT2D eigenvalue weighted by atomic mass is 15.3. The molecule has 0 unspecified atom stereocenters. The Bertz CT molecular complexity index is 524. The number of pyridine rings is 1. The SMILES string of the molecule is CN(C)CC(C)(C)CN1CCN(c2cccc(C#N)n2)CC1. The van der Waals surface area contributed by atoms with Crippen molar-refractivity contribution in [2.75, 3.05) is 58.3 Å². The van der Waals surface area contributed by atoms with Crippen molar-refractivity contribution in [2.24, 2.45) is 5.41 Å². The second-order valence-corrected chi connectivity index (χ2v) is 7.16. The van der Waals surface area contributed by atoms with Gasteiger partial charge in [-0.25, -0.2) is 4.98 Å². The molecule has 1 aliphatic heterocycles. The number of piperazine rings is 1. The first-order valence-electron chi connectivity index (χ1n) is 7.89. The van der Waals surface area contributed by atoms with Gasteiger partial charge >= 0.3 is 0 Å². The van der Waals surface area contributed by atoms with Crippen molar-refractivity contribution in [2.45, 2.75) is 13.8 Å². The van der Waals surface area contributed by atoms with Crippen molar-refractivity contribution in [1.82, 2.24) is 14.8 Å². The van der Waals surface area contributed by atoms with E-state index < -0.39 is 0 Å². The molecule has 0 aliphatic carbocycles. The lowest BCUT2D eigenvalue weighted by molar-refractivity contribution is 0.138. The van der Waals surface area contributed by atoms with Crippen molar-refractivity contribution < 1.29 is 0 Å². The zero-order valence-electron chi connectivity index (χ0n) is 14.2. The smallest absolute Gasteiger partial charge is 0.142 e. The maximum Gasteiger partial charge on any atom is 0.142 e. The molecular formula is C17H27N5. The number of hydrogen-bond donors (Lipinski definition) is 0.